The Labute approximate surface area is 144 Å². The lowest BCUT2D eigenvalue weighted by Crippen LogP contribution is -2.17. The van der Waals surface area contributed by atoms with Gasteiger partial charge in [0.2, 0.25) is 0 Å². The summed E-state index contributed by atoms with van der Waals surface area (Å²) in [5, 5.41) is 4.22. The fourth-order valence-electron chi connectivity index (χ4n) is 1.87. The molecule has 2 aromatic carbocycles. The molecule has 0 aliphatic heterocycles. The Bertz CT molecular complexity index is 790. The third kappa shape index (κ3) is 4.57. The van der Waals surface area contributed by atoms with E-state index in [2.05, 4.69) is 10.5 Å². The summed E-state index contributed by atoms with van der Waals surface area (Å²) >= 11 is 5.94. The summed E-state index contributed by atoms with van der Waals surface area (Å²) in [6.07, 6.45) is 1.44. The van der Waals surface area contributed by atoms with Gasteiger partial charge in [-0.1, -0.05) is 23.7 Å². The summed E-state index contributed by atoms with van der Waals surface area (Å²) in [5.74, 6) is -0.170. The first kappa shape index (κ1) is 17.5. The van der Waals surface area contributed by atoms with Crippen LogP contribution in [0.5, 0.6) is 11.5 Å². The third-order valence-corrected chi connectivity index (χ3v) is 3.27. The molecule has 2 rings (SSSR count). The van der Waals surface area contributed by atoms with Crippen molar-refractivity contribution in [2.75, 3.05) is 7.11 Å². The smallest absolute Gasteiger partial charge is 0.308 e. The predicted octanol–water partition coefficient (Wildman–Crippen LogP) is 3.04. The summed E-state index contributed by atoms with van der Waals surface area (Å²) in [7, 11) is 1.46. The molecule has 0 heterocycles. The van der Waals surface area contributed by atoms with Crippen molar-refractivity contribution in [3.8, 4) is 11.5 Å². The van der Waals surface area contributed by atoms with E-state index in [9.17, 15) is 9.59 Å². The van der Waals surface area contributed by atoms with E-state index in [1.54, 1.807) is 42.5 Å². The molecule has 0 bridgehead atoms. The van der Waals surface area contributed by atoms with Crippen LogP contribution in [0.1, 0.15) is 22.8 Å². The first-order chi connectivity index (χ1) is 11.5. The average molecular weight is 347 g/mol. The van der Waals surface area contributed by atoms with Crippen molar-refractivity contribution in [1.82, 2.24) is 5.43 Å². The first-order valence-electron chi connectivity index (χ1n) is 6.95. The van der Waals surface area contributed by atoms with Crippen molar-refractivity contribution in [2.24, 2.45) is 5.10 Å². The van der Waals surface area contributed by atoms with Crippen LogP contribution >= 0.6 is 11.6 Å². The minimum absolute atomic E-state index is 0.308. The van der Waals surface area contributed by atoms with Crippen LogP contribution in [0.15, 0.2) is 47.6 Å². The van der Waals surface area contributed by atoms with Crippen LogP contribution in [0.25, 0.3) is 0 Å². The topological polar surface area (TPSA) is 77.0 Å². The zero-order valence-electron chi connectivity index (χ0n) is 13.1. The summed E-state index contributed by atoms with van der Waals surface area (Å²) in [5.41, 5.74) is 3.38. The van der Waals surface area contributed by atoms with E-state index < -0.39 is 11.9 Å². The summed E-state index contributed by atoms with van der Waals surface area (Å²) in [6.45, 7) is 1.30. The highest BCUT2D eigenvalue weighted by Crippen LogP contribution is 2.27. The van der Waals surface area contributed by atoms with Gasteiger partial charge in [0.15, 0.2) is 11.5 Å². The van der Waals surface area contributed by atoms with Crippen molar-refractivity contribution in [3.63, 3.8) is 0 Å². The molecule has 0 atom stereocenters. The van der Waals surface area contributed by atoms with Gasteiger partial charge >= 0.3 is 5.97 Å². The number of hydrogen-bond acceptors (Lipinski definition) is 5. The molecule has 1 N–H and O–H groups in total. The molecule has 1 amide bonds. The molecular formula is C17H15ClN2O4. The molecule has 0 saturated heterocycles. The maximum atomic E-state index is 12.0. The number of amides is 1. The molecule has 0 radical (unpaired) electrons. The largest absolute Gasteiger partial charge is 0.493 e. The van der Waals surface area contributed by atoms with E-state index >= 15 is 0 Å². The minimum atomic E-state index is -0.443. The zero-order chi connectivity index (χ0) is 17.5. The van der Waals surface area contributed by atoms with Crippen LogP contribution < -0.4 is 14.9 Å². The number of hydrazone groups is 1. The van der Waals surface area contributed by atoms with E-state index in [0.29, 0.717) is 27.6 Å². The highest BCUT2D eigenvalue weighted by atomic mass is 35.5. The van der Waals surface area contributed by atoms with Gasteiger partial charge in [0.25, 0.3) is 5.91 Å². The minimum Gasteiger partial charge on any atom is -0.493 e. The highest BCUT2D eigenvalue weighted by molar-refractivity contribution is 6.33. The van der Waals surface area contributed by atoms with Crippen LogP contribution in [-0.4, -0.2) is 25.2 Å². The Morgan fingerprint density at radius 2 is 1.92 bits per heavy atom. The second-order valence-electron chi connectivity index (χ2n) is 4.68. The van der Waals surface area contributed by atoms with Crippen molar-refractivity contribution in [1.29, 1.82) is 0 Å². The normalized spacial score (nSPS) is 10.5. The molecule has 24 heavy (non-hydrogen) atoms. The van der Waals surface area contributed by atoms with Crippen LogP contribution in [0, 0.1) is 0 Å². The Morgan fingerprint density at radius 1 is 1.17 bits per heavy atom. The molecule has 0 aliphatic rings. The number of carbonyl (C=O) groups is 2. The Balaban J connectivity index is 2.08. The van der Waals surface area contributed by atoms with Gasteiger partial charge in [-0.2, -0.15) is 5.10 Å². The number of ether oxygens (including phenoxy) is 2. The molecule has 2 aromatic rings. The number of esters is 1. The molecule has 124 valence electrons. The molecule has 0 spiro atoms. The van der Waals surface area contributed by atoms with E-state index in [0.717, 1.165) is 0 Å². The quantitative estimate of drug-likeness (QED) is 0.391. The molecule has 0 aliphatic carbocycles. The van der Waals surface area contributed by atoms with Crippen molar-refractivity contribution >= 4 is 29.7 Å². The standard InChI is InChI=1S/C17H15ClN2O4/c1-11(21)24-15-8-7-12(9-16(15)23-2)10-19-20-17(22)13-5-3-4-6-14(13)18/h3-10H,1-2H3,(H,20,22)/b19-10-. The van der Waals surface area contributed by atoms with Crippen LogP contribution in [-0.2, 0) is 4.79 Å². The number of halogens is 1. The highest BCUT2D eigenvalue weighted by Gasteiger charge is 2.09. The SMILES string of the molecule is COc1cc(/C=N\NC(=O)c2ccccc2Cl)ccc1OC(C)=O. The molecule has 0 fully saturated rings. The predicted molar refractivity (Wildman–Crippen MR) is 90.8 cm³/mol. The van der Waals surface area contributed by atoms with Gasteiger partial charge in [0.1, 0.15) is 0 Å². The number of nitrogens with zero attached hydrogens (tertiary/aromatic N) is 1. The van der Waals surface area contributed by atoms with Crippen molar-refractivity contribution in [2.45, 2.75) is 6.92 Å². The molecule has 0 unspecified atom stereocenters. The van der Waals surface area contributed by atoms with E-state index in [1.807, 2.05) is 0 Å². The number of nitrogens with one attached hydrogen (secondary N) is 1. The molecule has 0 saturated carbocycles. The lowest BCUT2D eigenvalue weighted by molar-refractivity contribution is -0.132. The van der Waals surface area contributed by atoms with Gasteiger partial charge in [0, 0.05) is 6.92 Å². The van der Waals surface area contributed by atoms with Gasteiger partial charge in [-0.05, 0) is 35.9 Å². The number of hydrogen-bond donors (Lipinski definition) is 1. The Morgan fingerprint density at radius 3 is 2.58 bits per heavy atom. The molecule has 6 nitrogen and oxygen atoms in total. The Hall–Kier alpha value is -2.86. The maximum absolute atomic E-state index is 12.0. The zero-order valence-corrected chi connectivity index (χ0v) is 13.8. The fourth-order valence-corrected chi connectivity index (χ4v) is 2.10. The fraction of sp³-hybridized carbons (Fsp3) is 0.118. The monoisotopic (exact) mass is 346 g/mol. The van der Waals surface area contributed by atoms with E-state index in [1.165, 1.54) is 20.2 Å². The van der Waals surface area contributed by atoms with Gasteiger partial charge in [-0.15, -0.1) is 0 Å². The lowest BCUT2D eigenvalue weighted by atomic mass is 10.2. The molecular weight excluding hydrogens is 332 g/mol. The third-order valence-electron chi connectivity index (χ3n) is 2.94. The van der Waals surface area contributed by atoms with Gasteiger partial charge in [0.05, 0.1) is 23.9 Å². The number of methoxy groups -OCH3 is 1. The van der Waals surface area contributed by atoms with Gasteiger partial charge in [-0.25, -0.2) is 5.43 Å². The van der Waals surface area contributed by atoms with Crippen LogP contribution in [0.3, 0.4) is 0 Å². The number of rotatable bonds is 5. The van der Waals surface area contributed by atoms with Crippen LogP contribution in [0.2, 0.25) is 5.02 Å². The average Bonchev–Trinajstić information content (AvgIpc) is 2.56. The van der Waals surface area contributed by atoms with Crippen molar-refractivity contribution < 1.29 is 19.1 Å². The number of benzene rings is 2. The Kier molecular flexibility index (Phi) is 5.92. The maximum Gasteiger partial charge on any atom is 0.308 e. The van der Waals surface area contributed by atoms with E-state index in [-0.39, 0.29) is 0 Å². The van der Waals surface area contributed by atoms with Crippen LogP contribution in [0.4, 0.5) is 0 Å². The van der Waals surface area contributed by atoms with Gasteiger partial charge < -0.3 is 9.47 Å². The second kappa shape index (κ2) is 8.12. The summed E-state index contributed by atoms with van der Waals surface area (Å²) in [4.78, 5) is 23.0. The molecule has 7 heteroatoms. The lowest BCUT2D eigenvalue weighted by Gasteiger charge is -2.08. The van der Waals surface area contributed by atoms with E-state index in [4.69, 9.17) is 21.1 Å². The van der Waals surface area contributed by atoms with Crippen molar-refractivity contribution in [3.05, 3.63) is 58.6 Å². The second-order valence-corrected chi connectivity index (χ2v) is 5.09. The first-order valence-corrected chi connectivity index (χ1v) is 7.33. The summed E-state index contributed by atoms with van der Waals surface area (Å²) in [6, 6.07) is 11.6. The molecule has 0 aromatic heterocycles. The number of carbonyl (C=O) groups excluding carboxylic acids is 2. The van der Waals surface area contributed by atoms with Gasteiger partial charge in [-0.3, -0.25) is 9.59 Å². The summed E-state index contributed by atoms with van der Waals surface area (Å²) < 4.78 is 10.2.